The third kappa shape index (κ3) is 0.740. The molecule has 8 heavy (non-hydrogen) atoms. The summed E-state index contributed by atoms with van der Waals surface area (Å²) in [5, 5.41) is 3.31. The van der Waals surface area contributed by atoms with Crippen molar-refractivity contribution >= 4 is 0 Å². The lowest BCUT2D eigenvalue weighted by Crippen LogP contribution is -2.18. The Morgan fingerprint density at radius 1 is 1.50 bits per heavy atom. The first kappa shape index (κ1) is 4.77. The van der Waals surface area contributed by atoms with Crippen LogP contribution in [0.5, 0.6) is 0 Å². The summed E-state index contributed by atoms with van der Waals surface area (Å²) in [6.45, 7) is 3.15. The Balaban J connectivity index is 1.89. The van der Waals surface area contributed by atoms with Crippen molar-refractivity contribution in [2.24, 2.45) is 5.92 Å². The van der Waals surface area contributed by atoms with Crippen LogP contribution in [0.1, 0.15) is 6.42 Å². The van der Waals surface area contributed by atoms with E-state index in [1.165, 1.54) is 13.0 Å². The van der Waals surface area contributed by atoms with E-state index in [4.69, 9.17) is 4.74 Å². The molecule has 46 valence electrons. The molecule has 0 bridgehead atoms. The minimum Gasteiger partial charge on any atom is -0.377 e. The van der Waals surface area contributed by atoms with Gasteiger partial charge < -0.3 is 10.1 Å². The zero-order valence-corrected chi connectivity index (χ0v) is 4.89. The van der Waals surface area contributed by atoms with Crippen molar-refractivity contribution in [1.29, 1.82) is 0 Å². The molecule has 0 radical (unpaired) electrons. The highest BCUT2D eigenvalue weighted by molar-refractivity contribution is 4.90. The molecule has 2 unspecified atom stereocenters. The van der Waals surface area contributed by atoms with Crippen molar-refractivity contribution in [3.05, 3.63) is 0 Å². The van der Waals surface area contributed by atoms with Crippen molar-refractivity contribution in [3.8, 4) is 0 Å². The second-order valence-corrected chi connectivity index (χ2v) is 2.61. The Bertz CT molecular complexity index is 84.5. The highest BCUT2D eigenvalue weighted by Gasteiger charge is 2.38. The molecule has 2 atom stereocenters. The zero-order chi connectivity index (χ0) is 5.40. The van der Waals surface area contributed by atoms with Crippen molar-refractivity contribution < 1.29 is 4.74 Å². The van der Waals surface area contributed by atoms with Gasteiger partial charge in [0.2, 0.25) is 0 Å². The van der Waals surface area contributed by atoms with Crippen LogP contribution in [0.3, 0.4) is 0 Å². The molecule has 1 heterocycles. The lowest BCUT2D eigenvalue weighted by Gasteiger charge is -1.96. The van der Waals surface area contributed by atoms with Gasteiger partial charge in [0, 0.05) is 19.0 Å². The summed E-state index contributed by atoms with van der Waals surface area (Å²) in [7, 11) is 0. The van der Waals surface area contributed by atoms with Crippen LogP contribution in [-0.4, -0.2) is 25.8 Å². The smallest absolute Gasteiger partial charge is 0.0621 e. The SMILES string of the molecule is C1COC2CC2CN1. The van der Waals surface area contributed by atoms with E-state index < -0.39 is 0 Å². The molecule has 0 aromatic rings. The molecule has 0 aromatic heterocycles. The van der Waals surface area contributed by atoms with Crippen molar-refractivity contribution in [2.75, 3.05) is 19.7 Å². The fourth-order valence-corrected chi connectivity index (χ4v) is 1.21. The topological polar surface area (TPSA) is 21.3 Å². The van der Waals surface area contributed by atoms with Gasteiger partial charge >= 0.3 is 0 Å². The molecule has 2 heteroatoms. The normalized spacial score (nSPS) is 45.0. The number of hydrogen-bond acceptors (Lipinski definition) is 2. The summed E-state index contributed by atoms with van der Waals surface area (Å²) in [5.74, 6) is 0.859. The predicted octanol–water partition coefficient (Wildman–Crippen LogP) is -0.00530. The summed E-state index contributed by atoms with van der Waals surface area (Å²) in [5.41, 5.74) is 0. The molecule has 1 aliphatic carbocycles. The van der Waals surface area contributed by atoms with E-state index >= 15 is 0 Å². The van der Waals surface area contributed by atoms with Crippen LogP contribution in [0.15, 0.2) is 0 Å². The highest BCUT2D eigenvalue weighted by atomic mass is 16.5. The van der Waals surface area contributed by atoms with E-state index in [1.54, 1.807) is 0 Å². The summed E-state index contributed by atoms with van der Waals surface area (Å²) >= 11 is 0. The molecule has 1 saturated carbocycles. The molecular formula is C6H11NO. The van der Waals surface area contributed by atoms with Crippen LogP contribution in [0.25, 0.3) is 0 Å². The van der Waals surface area contributed by atoms with E-state index in [0.29, 0.717) is 6.10 Å². The van der Waals surface area contributed by atoms with Gasteiger partial charge in [-0.25, -0.2) is 0 Å². The minimum absolute atomic E-state index is 0.630. The van der Waals surface area contributed by atoms with Crippen molar-refractivity contribution in [3.63, 3.8) is 0 Å². The van der Waals surface area contributed by atoms with Crippen molar-refractivity contribution in [2.45, 2.75) is 12.5 Å². The predicted molar refractivity (Wildman–Crippen MR) is 30.7 cm³/mol. The third-order valence-electron chi connectivity index (χ3n) is 1.88. The third-order valence-corrected chi connectivity index (χ3v) is 1.88. The minimum atomic E-state index is 0.630. The molecule has 2 fully saturated rings. The van der Waals surface area contributed by atoms with Crippen LogP contribution in [0.4, 0.5) is 0 Å². The Morgan fingerprint density at radius 2 is 2.50 bits per heavy atom. The van der Waals surface area contributed by atoms with E-state index in [2.05, 4.69) is 5.32 Å². The van der Waals surface area contributed by atoms with Crippen molar-refractivity contribution in [1.82, 2.24) is 5.32 Å². The van der Waals surface area contributed by atoms with Gasteiger partial charge in [-0.2, -0.15) is 0 Å². The standard InChI is InChI=1S/C6H11NO/c1-2-8-6-3-5(6)4-7-1/h5-7H,1-4H2. The summed E-state index contributed by atoms with van der Waals surface area (Å²) in [6.07, 6.45) is 1.93. The molecule has 0 aromatic carbocycles. The first-order valence-electron chi connectivity index (χ1n) is 3.29. The molecule has 2 nitrogen and oxygen atoms in total. The fraction of sp³-hybridized carbons (Fsp3) is 1.00. The molecule has 0 amide bonds. The molecule has 1 aliphatic heterocycles. The van der Waals surface area contributed by atoms with Crippen LogP contribution in [0.2, 0.25) is 0 Å². The lowest BCUT2D eigenvalue weighted by atomic mass is 10.4. The second kappa shape index (κ2) is 1.71. The first-order valence-corrected chi connectivity index (χ1v) is 3.29. The summed E-state index contributed by atoms with van der Waals surface area (Å²) < 4.78 is 5.41. The molecule has 1 N–H and O–H groups in total. The Labute approximate surface area is 49.2 Å². The van der Waals surface area contributed by atoms with Crippen LogP contribution in [-0.2, 0) is 4.74 Å². The van der Waals surface area contributed by atoms with Gasteiger partial charge in [0.05, 0.1) is 12.7 Å². The summed E-state index contributed by atoms with van der Waals surface area (Å²) in [6, 6.07) is 0. The average molecular weight is 113 g/mol. The van der Waals surface area contributed by atoms with Gasteiger partial charge in [0.15, 0.2) is 0 Å². The Morgan fingerprint density at radius 3 is 3.50 bits per heavy atom. The van der Waals surface area contributed by atoms with E-state index in [-0.39, 0.29) is 0 Å². The maximum Gasteiger partial charge on any atom is 0.0621 e. The quantitative estimate of drug-likeness (QED) is 0.477. The van der Waals surface area contributed by atoms with Gasteiger partial charge in [-0.3, -0.25) is 0 Å². The molecule has 0 spiro atoms. The number of nitrogens with one attached hydrogen (secondary N) is 1. The van der Waals surface area contributed by atoms with E-state index in [9.17, 15) is 0 Å². The van der Waals surface area contributed by atoms with Crippen LogP contribution in [0, 0.1) is 5.92 Å². The van der Waals surface area contributed by atoms with Gasteiger partial charge in [0.25, 0.3) is 0 Å². The number of hydrogen-bond donors (Lipinski definition) is 1. The Hall–Kier alpha value is -0.0800. The zero-order valence-electron chi connectivity index (χ0n) is 4.89. The highest BCUT2D eigenvalue weighted by Crippen LogP contribution is 2.33. The monoisotopic (exact) mass is 113 g/mol. The lowest BCUT2D eigenvalue weighted by molar-refractivity contribution is 0.124. The van der Waals surface area contributed by atoms with E-state index in [0.717, 1.165) is 19.1 Å². The molecular weight excluding hydrogens is 102 g/mol. The molecule has 1 saturated heterocycles. The maximum absolute atomic E-state index is 5.41. The van der Waals surface area contributed by atoms with E-state index in [1.807, 2.05) is 0 Å². The van der Waals surface area contributed by atoms with Crippen LogP contribution < -0.4 is 5.32 Å². The maximum atomic E-state index is 5.41. The number of fused-ring (bicyclic) bond motifs is 1. The largest absolute Gasteiger partial charge is 0.377 e. The average Bonchev–Trinajstić information content (AvgIpc) is 2.36. The molecule has 2 aliphatic rings. The summed E-state index contributed by atoms with van der Waals surface area (Å²) in [4.78, 5) is 0. The Kier molecular flexibility index (Phi) is 1.02. The van der Waals surface area contributed by atoms with Gasteiger partial charge in [-0.15, -0.1) is 0 Å². The van der Waals surface area contributed by atoms with Gasteiger partial charge in [-0.05, 0) is 6.42 Å². The number of rotatable bonds is 0. The second-order valence-electron chi connectivity index (χ2n) is 2.61. The molecule has 2 rings (SSSR count). The first-order chi connectivity index (χ1) is 3.97. The van der Waals surface area contributed by atoms with Crippen LogP contribution >= 0.6 is 0 Å². The van der Waals surface area contributed by atoms with Gasteiger partial charge in [0.1, 0.15) is 0 Å². The van der Waals surface area contributed by atoms with Gasteiger partial charge in [-0.1, -0.05) is 0 Å². The fourth-order valence-electron chi connectivity index (χ4n) is 1.21. The number of ether oxygens (including phenoxy) is 1.